The molecule has 0 N–H and O–H groups in total. The summed E-state index contributed by atoms with van der Waals surface area (Å²) in [5, 5.41) is 4.23. The first kappa shape index (κ1) is 15.9. The predicted octanol–water partition coefficient (Wildman–Crippen LogP) is 1.16. The third kappa shape index (κ3) is 3.86. The minimum atomic E-state index is -0.0131. The summed E-state index contributed by atoms with van der Waals surface area (Å²) < 4.78 is 7.79. The van der Waals surface area contributed by atoms with Crippen molar-refractivity contribution in [1.82, 2.24) is 24.6 Å². The standard InChI is InChI=1S/C16H24N6O/c1-12-18-14(7-16(19-12)20(2)3)15-11-22(5-6-23-15)10-13-8-17-21(4)9-13/h7-9,15H,5-6,10-11H2,1-4H3/t15-/m1/s1. The molecule has 0 aliphatic carbocycles. The van der Waals surface area contributed by atoms with Gasteiger partial charge in [-0.25, -0.2) is 9.97 Å². The maximum Gasteiger partial charge on any atom is 0.132 e. The molecule has 3 heterocycles. The van der Waals surface area contributed by atoms with Crippen LogP contribution in [-0.4, -0.2) is 58.4 Å². The van der Waals surface area contributed by atoms with E-state index in [2.05, 4.69) is 26.2 Å². The molecular weight excluding hydrogens is 292 g/mol. The molecule has 0 amide bonds. The topological polar surface area (TPSA) is 59.3 Å². The van der Waals surface area contributed by atoms with Gasteiger partial charge >= 0.3 is 0 Å². The van der Waals surface area contributed by atoms with E-state index in [0.29, 0.717) is 6.61 Å². The van der Waals surface area contributed by atoms with Crippen LogP contribution in [0.5, 0.6) is 0 Å². The Bertz CT molecular complexity index is 668. The van der Waals surface area contributed by atoms with Gasteiger partial charge in [0.25, 0.3) is 0 Å². The molecule has 23 heavy (non-hydrogen) atoms. The summed E-state index contributed by atoms with van der Waals surface area (Å²) in [7, 11) is 5.92. The van der Waals surface area contributed by atoms with Crippen LogP contribution in [0.15, 0.2) is 18.5 Å². The Morgan fingerprint density at radius 1 is 1.35 bits per heavy atom. The number of nitrogens with zero attached hydrogens (tertiary/aromatic N) is 6. The second-order valence-electron chi connectivity index (χ2n) is 6.21. The van der Waals surface area contributed by atoms with Crippen LogP contribution in [0.1, 0.15) is 23.2 Å². The molecule has 1 atom stereocenters. The zero-order valence-corrected chi connectivity index (χ0v) is 14.2. The van der Waals surface area contributed by atoms with Crippen molar-refractivity contribution in [2.45, 2.75) is 19.6 Å². The van der Waals surface area contributed by atoms with Crippen molar-refractivity contribution < 1.29 is 4.74 Å². The molecule has 1 fully saturated rings. The zero-order valence-electron chi connectivity index (χ0n) is 14.2. The molecule has 0 unspecified atom stereocenters. The van der Waals surface area contributed by atoms with Crippen molar-refractivity contribution in [3.63, 3.8) is 0 Å². The van der Waals surface area contributed by atoms with Gasteiger partial charge in [0.15, 0.2) is 0 Å². The van der Waals surface area contributed by atoms with E-state index < -0.39 is 0 Å². The van der Waals surface area contributed by atoms with E-state index in [1.165, 1.54) is 5.56 Å². The van der Waals surface area contributed by atoms with E-state index in [-0.39, 0.29) is 6.10 Å². The maximum absolute atomic E-state index is 5.96. The number of hydrogen-bond donors (Lipinski definition) is 0. The minimum absolute atomic E-state index is 0.0131. The van der Waals surface area contributed by atoms with Crippen molar-refractivity contribution >= 4 is 5.82 Å². The highest BCUT2D eigenvalue weighted by Crippen LogP contribution is 2.24. The van der Waals surface area contributed by atoms with Gasteiger partial charge in [0, 0.05) is 58.6 Å². The summed E-state index contributed by atoms with van der Waals surface area (Å²) in [6.07, 6.45) is 3.97. The number of morpholine rings is 1. The van der Waals surface area contributed by atoms with Gasteiger partial charge < -0.3 is 9.64 Å². The minimum Gasteiger partial charge on any atom is -0.369 e. The Morgan fingerprint density at radius 3 is 2.87 bits per heavy atom. The van der Waals surface area contributed by atoms with E-state index in [9.17, 15) is 0 Å². The second kappa shape index (κ2) is 6.64. The lowest BCUT2D eigenvalue weighted by atomic mass is 10.1. The van der Waals surface area contributed by atoms with Crippen LogP contribution in [0, 0.1) is 6.92 Å². The first-order chi connectivity index (χ1) is 11.0. The molecule has 0 saturated carbocycles. The van der Waals surface area contributed by atoms with Crippen molar-refractivity contribution in [2.75, 3.05) is 38.7 Å². The van der Waals surface area contributed by atoms with Gasteiger partial charge in [0.1, 0.15) is 17.7 Å². The summed E-state index contributed by atoms with van der Waals surface area (Å²) in [6.45, 7) is 5.28. The smallest absolute Gasteiger partial charge is 0.132 e. The fourth-order valence-corrected chi connectivity index (χ4v) is 2.81. The van der Waals surface area contributed by atoms with Gasteiger partial charge in [-0.05, 0) is 6.92 Å². The molecule has 1 aliphatic heterocycles. The van der Waals surface area contributed by atoms with Crippen LogP contribution in [0.25, 0.3) is 0 Å². The molecule has 7 nitrogen and oxygen atoms in total. The number of aryl methyl sites for hydroxylation is 2. The Labute approximate surface area is 136 Å². The third-order valence-corrected chi connectivity index (χ3v) is 3.95. The van der Waals surface area contributed by atoms with Crippen LogP contribution in [-0.2, 0) is 18.3 Å². The molecule has 2 aromatic heterocycles. The van der Waals surface area contributed by atoms with Crippen LogP contribution < -0.4 is 4.90 Å². The molecule has 0 spiro atoms. The fourth-order valence-electron chi connectivity index (χ4n) is 2.81. The predicted molar refractivity (Wildman–Crippen MR) is 88.3 cm³/mol. The van der Waals surface area contributed by atoms with E-state index in [1.807, 2.05) is 49.9 Å². The Morgan fingerprint density at radius 2 is 2.17 bits per heavy atom. The summed E-state index contributed by atoms with van der Waals surface area (Å²) in [6, 6.07) is 2.02. The summed E-state index contributed by atoms with van der Waals surface area (Å²) in [4.78, 5) is 13.4. The first-order valence-electron chi connectivity index (χ1n) is 7.85. The number of hydrogen-bond acceptors (Lipinski definition) is 6. The molecule has 1 saturated heterocycles. The normalized spacial score (nSPS) is 19.0. The molecule has 3 rings (SSSR count). The quantitative estimate of drug-likeness (QED) is 0.843. The number of ether oxygens (including phenoxy) is 1. The van der Waals surface area contributed by atoms with Crippen LogP contribution >= 0.6 is 0 Å². The molecular formula is C16H24N6O. The second-order valence-corrected chi connectivity index (χ2v) is 6.21. The molecule has 7 heteroatoms. The third-order valence-electron chi connectivity index (χ3n) is 3.95. The summed E-state index contributed by atoms with van der Waals surface area (Å²) in [5.41, 5.74) is 2.18. The highest BCUT2D eigenvalue weighted by atomic mass is 16.5. The van der Waals surface area contributed by atoms with E-state index in [0.717, 1.165) is 37.0 Å². The monoisotopic (exact) mass is 316 g/mol. The van der Waals surface area contributed by atoms with Crippen molar-refractivity contribution in [3.8, 4) is 0 Å². The largest absolute Gasteiger partial charge is 0.369 e. The van der Waals surface area contributed by atoms with Gasteiger partial charge in [-0.15, -0.1) is 0 Å². The molecule has 0 bridgehead atoms. The van der Waals surface area contributed by atoms with E-state index in [1.54, 1.807) is 0 Å². The van der Waals surface area contributed by atoms with Gasteiger partial charge in [-0.2, -0.15) is 5.10 Å². The van der Waals surface area contributed by atoms with E-state index in [4.69, 9.17) is 4.74 Å². The van der Waals surface area contributed by atoms with Crippen LogP contribution in [0.2, 0.25) is 0 Å². The van der Waals surface area contributed by atoms with Gasteiger partial charge in [-0.1, -0.05) is 0 Å². The lowest BCUT2D eigenvalue weighted by Gasteiger charge is -2.32. The van der Waals surface area contributed by atoms with E-state index >= 15 is 0 Å². The summed E-state index contributed by atoms with van der Waals surface area (Å²) >= 11 is 0. The average molecular weight is 316 g/mol. The maximum atomic E-state index is 5.96. The SMILES string of the molecule is Cc1nc([C@H]2CN(Cc3cnn(C)c3)CCO2)cc(N(C)C)n1. The molecule has 0 radical (unpaired) electrons. The molecule has 124 valence electrons. The average Bonchev–Trinajstić information content (AvgIpc) is 2.92. The van der Waals surface area contributed by atoms with Crippen molar-refractivity contribution in [2.24, 2.45) is 7.05 Å². The molecule has 2 aromatic rings. The number of anilines is 1. The van der Waals surface area contributed by atoms with Crippen molar-refractivity contribution in [1.29, 1.82) is 0 Å². The first-order valence-corrected chi connectivity index (χ1v) is 7.85. The lowest BCUT2D eigenvalue weighted by molar-refractivity contribution is -0.0351. The zero-order chi connectivity index (χ0) is 16.4. The Kier molecular flexibility index (Phi) is 4.58. The lowest BCUT2D eigenvalue weighted by Crippen LogP contribution is -2.38. The molecule has 1 aliphatic rings. The molecule has 0 aromatic carbocycles. The highest BCUT2D eigenvalue weighted by molar-refractivity contribution is 5.38. The van der Waals surface area contributed by atoms with Gasteiger partial charge in [0.2, 0.25) is 0 Å². The number of rotatable bonds is 4. The Balaban J connectivity index is 1.73. The Hall–Kier alpha value is -1.99. The van der Waals surface area contributed by atoms with Crippen LogP contribution in [0.3, 0.4) is 0 Å². The van der Waals surface area contributed by atoms with Gasteiger partial charge in [0.05, 0.1) is 18.5 Å². The summed E-state index contributed by atoms with van der Waals surface area (Å²) in [5.74, 6) is 1.69. The van der Waals surface area contributed by atoms with Crippen molar-refractivity contribution in [3.05, 3.63) is 35.5 Å². The van der Waals surface area contributed by atoms with Gasteiger partial charge in [-0.3, -0.25) is 9.58 Å². The van der Waals surface area contributed by atoms with Crippen LogP contribution in [0.4, 0.5) is 5.82 Å². The highest BCUT2D eigenvalue weighted by Gasteiger charge is 2.24. The fraction of sp³-hybridized carbons (Fsp3) is 0.562. The number of aromatic nitrogens is 4.